The first-order valence-electron chi connectivity index (χ1n) is 3.82. The van der Waals surface area contributed by atoms with Crippen LogP contribution in [0.1, 0.15) is 17.5 Å². The summed E-state index contributed by atoms with van der Waals surface area (Å²) in [4.78, 5) is 0. The molecule has 0 heteroatoms. The summed E-state index contributed by atoms with van der Waals surface area (Å²) in [6.07, 6.45) is 7.00. The minimum absolute atomic E-state index is 0.837. The highest BCUT2D eigenvalue weighted by Gasteiger charge is 1.90. The van der Waals surface area contributed by atoms with E-state index in [9.17, 15) is 0 Å². The summed E-state index contributed by atoms with van der Waals surface area (Å²) < 4.78 is 0. The molecule has 0 atom stereocenters. The standard InChI is InChI=1S/C11H12/c1-3-4-7-11-8-5-6-10(2)9-11/h1,5-6,8-9H,4,7H2,2H3. The Morgan fingerprint density at radius 2 is 2.27 bits per heavy atom. The van der Waals surface area contributed by atoms with E-state index in [2.05, 4.69) is 37.1 Å². The minimum Gasteiger partial charge on any atom is -0.120 e. The maximum atomic E-state index is 5.16. The highest BCUT2D eigenvalue weighted by molar-refractivity contribution is 5.22. The molecule has 0 saturated heterocycles. The smallest absolute Gasteiger partial charge is 0.0127 e. The molecule has 0 heterocycles. The summed E-state index contributed by atoms with van der Waals surface area (Å²) >= 11 is 0. The Labute approximate surface area is 68.3 Å². The fourth-order valence-corrected chi connectivity index (χ4v) is 1.08. The molecule has 0 unspecified atom stereocenters. The molecule has 56 valence electrons. The number of rotatable bonds is 2. The van der Waals surface area contributed by atoms with Gasteiger partial charge in [-0.1, -0.05) is 29.8 Å². The molecule has 0 spiro atoms. The Hall–Kier alpha value is -1.22. The molecule has 0 aromatic heterocycles. The summed E-state index contributed by atoms with van der Waals surface area (Å²) in [6.45, 7) is 2.10. The first-order chi connectivity index (χ1) is 5.33. The summed E-state index contributed by atoms with van der Waals surface area (Å²) in [5.41, 5.74) is 2.64. The Morgan fingerprint density at radius 1 is 1.45 bits per heavy atom. The van der Waals surface area contributed by atoms with Crippen LogP contribution in [0.5, 0.6) is 0 Å². The zero-order valence-electron chi connectivity index (χ0n) is 6.80. The normalized spacial score (nSPS) is 9.09. The molecule has 1 aromatic rings. The Morgan fingerprint density at radius 3 is 2.91 bits per heavy atom. The van der Waals surface area contributed by atoms with Crippen LogP contribution >= 0.6 is 0 Å². The van der Waals surface area contributed by atoms with E-state index in [0.717, 1.165) is 12.8 Å². The molecule has 11 heavy (non-hydrogen) atoms. The van der Waals surface area contributed by atoms with Gasteiger partial charge in [0.2, 0.25) is 0 Å². The average Bonchev–Trinajstić information content (AvgIpc) is 2.01. The quantitative estimate of drug-likeness (QED) is 0.559. The molecule has 0 saturated carbocycles. The lowest BCUT2D eigenvalue weighted by Crippen LogP contribution is -1.83. The summed E-state index contributed by atoms with van der Waals surface area (Å²) in [5, 5.41) is 0. The van der Waals surface area contributed by atoms with Gasteiger partial charge in [-0.25, -0.2) is 0 Å². The van der Waals surface area contributed by atoms with Gasteiger partial charge < -0.3 is 0 Å². The largest absolute Gasteiger partial charge is 0.120 e. The molecule has 0 radical (unpaired) electrons. The van der Waals surface area contributed by atoms with Crippen molar-refractivity contribution in [3.63, 3.8) is 0 Å². The second-order valence-electron chi connectivity index (χ2n) is 2.69. The lowest BCUT2D eigenvalue weighted by Gasteiger charge is -1.97. The van der Waals surface area contributed by atoms with E-state index >= 15 is 0 Å². The van der Waals surface area contributed by atoms with Crippen molar-refractivity contribution in [3.05, 3.63) is 35.4 Å². The van der Waals surface area contributed by atoms with Crippen LogP contribution in [0.25, 0.3) is 0 Å². The molecule has 0 aliphatic carbocycles. The topological polar surface area (TPSA) is 0 Å². The molecule has 0 aliphatic rings. The van der Waals surface area contributed by atoms with Crippen molar-refractivity contribution in [2.24, 2.45) is 0 Å². The van der Waals surface area contributed by atoms with Crippen molar-refractivity contribution in [1.82, 2.24) is 0 Å². The van der Waals surface area contributed by atoms with Crippen LogP contribution in [-0.4, -0.2) is 0 Å². The maximum Gasteiger partial charge on any atom is 0.0127 e. The predicted octanol–water partition coefficient (Wildman–Crippen LogP) is 2.56. The molecule has 0 bridgehead atoms. The van der Waals surface area contributed by atoms with Gasteiger partial charge in [-0.3, -0.25) is 0 Å². The van der Waals surface area contributed by atoms with E-state index in [1.807, 2.05) is 0 Å². The zero-order chi connectivity index (χ0) is 8.10. The third kappa shape index (κ3) is 2.47. The van der Waals surface area contributed by atoms with Gasteiger partial charge in [-0.15, -0.1) is 12.3 Å². The minimum atomic E-state index is 0.837. The monoisotopic (exact) mass is 144 g/mol. The second kappa shape index (κ2) is 3.83. The predicted molar refractivity (Wildman–Crippen MR) is 48.3 cm³/mol. The fraction of sp³-hybridized carbons (Fsp3) is 0.273. The summed E-state index contributed by atoms with van der Waals surface area (Å²) in [7, 11) is 0. The summed E-state index contributed by atoms with van der Waals surface area (Å²) in [6, 6.07) is 8.46. The molecular formula is C11H12. The number of terminal acetylenes is 1. The van der Waals surface area contributed by atoms with Crippen molar-refractivity contribution < 1.29 is 0 Å². The molecule has 1 aromatic carbocycles. The third-order valence-corrected chi connectivity index (χ3v) is 1.64. The second-order valence-corrected chi connectivity index (χ2v) is 2.69. The van der Waals surface area contributed by atoms with Gasteiger partial charge in [0.1, 0.15) is 0 Å². The van der Waals surface area contributed by atoms with E-state index < -0.39 is 0 Å². The van der Waals surface area contributed by atoms with Crippen molar-refractivity contribution in [3.8, 4) is 12.3 Å². The van der Waals surface area contributed by atoms with Crippen molar-refractivity contribution in [2.45, 2.75) is 19.8 Å². The Bertz CT molecular complexity index is 266. The number of aryl methyl sites for hydroxylation is 2. The van der Waals surface area contributed by atoms with Gasteiger partial charge in [0.15, 0.2) is 0 Å². The van der Waals surface area contributed by atoms with Crippen LogP contribution in [0.15, 0.2) is 24.3 Å². The van der Waals surface area contributed by atoms with E-state index in [4.69, 9.17) is 6.42 Å². The van der Waals surface area contributed by atoms with E-state index in [1.54, 1.807) is 0 Å². The number of hydrogen-bond acceptors (Lipinski definition) is 0. The van der Waals surface area contributed by atoms with Gasteiger partial charge >= 0.3 is 0 Å². The lowest BCUT2D eigenvalue weighted by molar-refractivity contribution is 1.03. The SMILES string of the molecule is C#CCCc1cccc(C)c1. The lowest BCUT2D eigenvalue weighted by atomic mass is 10.1. The number of benzene rings is 1. The molecule has 0 nitrogen and oxygen atoms in total. The summed E-state index contributed by atoms with van der Waals surface area (Å²) in [5.74, 6) is 2.64. The first-order valence-corrected chi connectivity index (χ1v) is 3.82. The van der Waals surface area contributed by atoms with E-state index in [1.165, 1.54) is 11.1 Å². The van der Waals surface area contributed by atoms with E-state index in [0.29, 0.717) is 0 Å². The van der Waals surface area contributed by atoms with Crippen molar-refractivity contribution in [1.29, 1.82) is 0 Å². The van der Waals surface area contributed by atoms with Crippen molar-refractivity contribution in [2.75, 3.05) is 0 Å². The maximum absolute atomic E-state index is 5.16. The van der Waals surface area contributed by atoms with Crippen LogP contribution in [0.3, 0.4) is 0 Å². The third-order valence-electron chi connectivity index (χ3n) is 1.64. The number of hydrogen-bond donors (Lipinski definition) is 0. The molecule has 0 amide bonds. The van der Waals surface area contributed by atoms with Gasteiger partial charge in [0.25, 0.3) is 0 Å². The Kier molecular flexibility index (Phi) is 2.74. The van der Waals surface area contributed by atoms with Crippen LogP contribution in [-0.2, 0) is 6.42 Å². The van der Waals surface area contributed by atoms with Gasteiger partial charge in [-0.05, 0) is 18.9 Å². The molecule has 0 aliphatic heterocycles. The highest BCUT2D eigenvalue weighted by Crippen LogP contribution is 2.05. The van der Waals surface area contributed by atoms with Crippen LogP contribution in [0, 0.1) is 19.3 Å². The Balaban J connectivity index is 2.65. The highest BCUT2D eigenvalue weighted by atomic mass is 13.9. The average molecular weight is 144 g/mol. The zero-order valence-corrected chi connectivity index (χ0v) is 6.80. The van der Waals surface area contributed by atoms with Crippen LogP contribution in [0.2, 0.25) is 0 Å². The van der Waals surface area contributed by atoms with E-state index in [-0.39, 0.29) is 0 Å². The van der Waals surface area contributed by atoms with Crippen molar-refractivity contribution >= 4 is 0 Å². The van der Waals surface area contributed by atoms with Crippen LogP contribution in [0.4, 0.5) is 0 Å². The van der Waals surface area contributed by atoms with Gasteiger partial charge in [0, 0.05) is 6.42 Å². The molecule has 1 rings (SSSR count). The van der Waals surface area contributed by atoms with Gasteiger partial charge in [-0.2, -0.15) is 0 Å². The molecular weight excluding hydrogens is 132 g/mol. The first kappa shape index (κ1) is 7.88. The molecule has 0 N–H and O–H groups in total. The van der Waals surface area contributed by atoms with Gasteiger partial charge in [0.05, 0.1) is 0 Å². The fourth-order valence-electron chi connectivity index (χ4n) is 1.08. The molecule has 0 fully saturated rings. The van der Waals surface area contributed by atoms with Crippen LogP contribution < -0.4 is 0 Å².